The van der Waals surface area contributed by atoms with Crippen LogP contribution in [-0.2, 0) is 20.7 Å². The Morgan fingerprint density at radius 1 is 1.35 bits per heavy atom. The van der Waals surface area contributed by atoms with Crippen molar-refractivity contribution in [3.8, 4) is 0 Å². The second kappa shape index (κ2) is 10.9. The molecule has 0 bridgehead atoms. The van der Waals surface area contributed by atoms with Crippen LogP contribution in [-0.4, -0.2) is 54.9 Å². The van der Waals surface area contributed by atoms with Crippen molar-refractivity contribution < 1.29 is 19.4 Å². The van der Waals surface area contributed by atoms with E-state index in [0.717, 1.165) is 24.2 Å². The summed E-state index contributed by atoms with van der Waals surface area (Å²) in [4.78, 5) is 13.9. The molecule has 6 heteroatoms. The third-order valence-electron chi connectivity index (χ3n) is 4.68. The zero-order valence-corrected chi connectivity index (χ0v) is 16.5. The molecule has 1 N–H and O–H groups in total. The molecule has 2 unspecified atom stereocenters. The van der Waals surface area contributed by atoms with E-state index in [1.54, 1.807) is 6.92 Å². The summed E-state index contributed by atoms with van der Waals surface area (Å²) in [5.41, 5.74) is 1.86. The van der Waals surface area contributed by atoms with Crippen molar-refractivity contribution in [1.82, 2.24) is 4.90 Å². The van der Waals surface area contributed by atoms with Gasteiger partial charge in [-0.05, 0) is 63.4 Å². The van der Waals surface area contributed by atoms with Crippen LogP contribution in [0.25, 0.3) is 0 Å². The van der Waals surface area contributed by atoms with Gasteiger partial charge in [0.05, 0.1) is 25.4 Å². The molecular weight excluding hydrogens is 354 g/mol. The van der Waals surface area contributed by atoms with Gasteiger partial charge in [0, 0.05) is 18.0 Å². The van der Waals surface area contributed by atoms with Gasteiger partial charge in [0.15, 0.2) is 0 Å². The highest BCUT2D eigenvalue weighted by atomic mass is 35.5. The lowest BCUT2D eigenvalue weighted by Gasteiger charge is -2.23. The quantitative estimate of drug-likeness (QED) is 0.628. The second-order valence-electron chi connectivity index (χ2n) is 6.75. The van der Waals surface area contributed by atoms with Crippen LogP contribution in [0.5, 0.6) is 0 Å². The van der Waals surface area contributed by atoms with Crippen molar-refractivity contribution in [3.05, 3.63) is 34.3 Å². The number of ether oxygens (including phenoxy) is 2. The number of nitrogens with zero attached hydrogens (tertiary/aromatic N) is 1. The highest BCUT2D eigenvalue weighted by Crippen LogP contribution is 2.28. The van der Waals surface area contributed by atoms with Crippen LogP contribution in [0.2, 0.25) is 5.02 Å². The first-order valence-electron chi connectivity index (χ1n) is 9.46. The van der Waals surface area contributed by atoms with Crippen molar-refractivity contribution in [2.24, 2.45) is 0 Å². The maximum absolute atomic E-state index is 11.7. The van der Waals surface area contributed by atoms with Crippen LogP contribution in [0.3, 0.4) is 0 Å². The Labute approximate surface area is 161 Å². The van der Waals surface area contributed by atoms with E-state index >= 15 is 0 Å². The van der Waals surface area contributed by atoms with E-state index in [4.69, 9.17) is 21.1 Å². The molecule has 1 aromatic carbocycles. The smallest absolute Gasteiger partial charge is 0.306 e. The summed E-state index contributed by atoms with van der Waals surface area (Å²) in [6, 6.07) is 5.66. The van der Waals surface area contributed by atoms with Gasteiger partial charge in [-0.2, -0.15) is 0 Å². The molecule has 1 aliphatic heterocycles. The molecule has 0 saturated carbocycles. The third kappa shape index (κ3) is 6.54. The van der Waals surface area contributed by atoms with Gasteiger partial charge >= 0.3 is 5.97 Å². The van der Waals surface area contributed by atoms with Crippen LogP contribution >= 0.6 is 11.6 Å². The number of carbonyl (C=O) groups excluding carboxylic acids is 1. The molecular formula is C20H30ClNO4. The zero-order chi connectivity index (χ0) is 18.9. The number of β-amino-alcohol motifs (C(OH)–C–C–N with tert-alkyl or cyclic N) is 1. The SMILES string of the molecule is CCOC(=O)CCc1c(Cl)cccc1C(C)OCC(O)CN1CCCC1. The molecule has 1 saturated heterocycles. The number of halogens is 1. The van der Waals surface area contributed by atoms with Gasteiger partial charge in [-0.3, -0.25) is 4.79 Å². The third-order valence-corrected chi connectivity index (χ3v) is 5.04. The summed E-state index contributed by atoms with van der Waals surface area (Å²) >= 11 is 6.35. The fraction of sp³-hybridized carbons (Fsp3) is 0.650. The monoisotopic (exact) mass is 383 g/mol. The van der Waals surface area contributed by atoms with Gasteiger partial charge in [0.1, 0.15) is 0 Å². The number of aliphatic hydroxyl groups is 1. The first kappa shape index (κ1) is 21.2. The molecule has 1 aromatic rings. The molecule has 1 aliphatic rings. The standard InChI is InChI=1S/C20H30ClNO4/c1-3-25-20(24)10-9-18-17(7-6-8-19(18)21)15(2)26-14-16(23)13-22-11-4-5-12-22/h6-8,15-16,23H,3-5,9-14H2,1-2H3. The van der Waals surface area contributed by atoms with Crippen LogP contribution in [0.4, 0.5) is 0 Å². The number of rotatable bonds is 10. The van der Waals surface area contributed by atoms with E-state index in [1.165, 1.54) is 12.8 Å². The van der Waals surface area contributed by atoms with Crippen LogP contribution < -0.4 is 0 Å². The molecule has 2 atom stereocenters. The van der Waals surface area contributed by atoms with Gasteiger partial charge in [0.25, 0.3) is 0 Å². The average molecular weight is 384 g/mol. The maximum atomic E-state index is 11.7. The number of hydrogen-bond acceptors (Lipinski definition) is 5. The molecule has 2 rings (SSSR count). The normalized spacial score (nSPS) is 17.2. The molecule has 5 nitrogen and oxygen atoms in total. The minimum absolute atomic E-state index is 0.209. The Morgan fingerprint density at radius 2 is 2.08 bits per heavy atom. The highest BCUT2D eigenvalue weighted by molar-refractivity contribution is 6.31. The van der Waals surface area contributed by atoms with Gasteiger partial charge in [-0.1, -0.05) is 23.7 Å². The molecule has 0 radical (unpaired) electrons. The van der Waals surface area contributed by atoms with E-state index in [0.29, 0.717) is 24.6 Å². The summed E-state index contributed by atoms with van der Waals surface area (Å²) < 4.78 is 10.9. The molecule has 0 spiro atoms. The molecule has 26 heavy (non-hydrogen) atoms. The lowest BCUT2D eigenvalue weighted by Crippen LogP contribution is -2.33. The highest BCUT2D eigenvalue weighted by Gasteiger charge is 2.19. The molecule has 0 amide bonds. The van der Waals surface area contributed by atoms with E-state index in [-0.39, 0.29) is 25.1 Å². The minimum atomic E-state index is -0.502. The van der Waals surface area contributed by atoms with Crippen LogP contribution in [0.1, 0.15) is 50.3 Å². The van der Waals surface area contributed by atoms with E-state index in [1.807, 2.05) is 25.1 Å². The lowest BCUT2D eigenvalue weighted by atomic mass is 9.99. The summed E-state index contributed by atoms with van der Waals surface area (Å²) in [6.45, 7) is 7.16. The Bertz CT molecular complexity index is 575. The van der Waals surface area contributed by atoms with Gasteiger partial charge in [0.2, 0.25) is 0 Å². The van der Waals surface area contributed by atoms with E-state index in [9.17, 15) is 9.90 Å². The number of benzene rings is 1. The maximum Gasteiger partial charge on any atom is 0.306 e. The predicted octanol–water partition coefficient (Wildman–Crippen LogP) is 3.37. The predicted molar refractivity (Wildman–Crippen MR) is 102 cm³/mol. The Hall–Kier alpha value is -1.14. The number of hydrogen-bond donors (Lipinski definition) is 1. The lowest BCUT2D eigenvalue weighted by molar-refractivity contribution is -0.143. The second-order valence-corrected chi connectivity index (χ2v) is 7.16. The largest absolute Gasteiger partial charge is 0.466 e. The number of likely N-dealkylation sites (tertiary alicyclic amines) is 1. The summed E-state index contributed by atoms with van der Waals surface area (Å²) in [5, 5.41) is 10.8. The van der Waals surface area contributed by atoms with Crippen molar-refractivity contribution in [3.63, 3.8) is 0 Å². The molecule has 0 aromatic heterocycles. The topological polar surface area (TPSA) is 59.0 Å². The number of carbonyl (C=O) groups is 1. The average Bonchev–Trinajstić information content (AvgIpc) is 3.11. The zero-order valence-electron chi connectivity index (χ0n) is 15.7. The fourth-order valence-electron chi connectivity index (χ4n) is 3.34. The van der Waals surface area contributed by atoms with Gasteiger partial charge in [-0.15, -0.1) is 0 Å². The Balaban J connectivity index is 1.91. The fourth-order valence-corrected chi connectivity index (χ4v) is 3.62. The minimum Gasteiger partial charge on any atom is -0.466 e. The number of esters is 1. The van der Waals surface area contributed by atoms with Gasteiger partial charge in [-0.25, -0.2) is 0 Å². The van der Waals surface area contributed by atoms with Crippen LogP contribution in [0.15, 0.2) is 18.2 Å². The van der Waals surface area contributed by atoms with Crippen molar-refractivity contribution in [2.45, 2.75) is 51.7 Å². The number of aliphatic hydroxyl groups excluding tert-OH is 1. The van der Waals surface area contributed by atoms with Gasteiger partial charge < -0.3 is 19.5 Å². The first-order valence-corrected chi connectivity index (χ1v) is 9.84. The summed E-state index contributed by atoms with van der Waals surface area (Å²) in [5.74, 6) is -0.229. The van der Waals surface area contributed by atoms with Crippen molar-refractivity contribution in [1.29, 1.82) is 0 Å². The first-order chi connectivity index (χ1) is 12.5. The Kier molecular flexibility index (Phi) is 8.85. The van der Waals surface area contributed by atoms with E-state index in [2.05, 4.69) is 4.90 Å². The molecule has 1 heterocycles. The van der Waals surface area contributed by atoms with Crippen molar-refractivity contribution >= 4 is 17.6 Å². The summed E-state index contributed by atoms with van der Waals surface area (Å²) in [7, 11) is 0. The molecule has 0 aliphatic carbocycles. The summed E-state index contributed by atoms with van der Waals surface area (Å²) in [6.07, 6.45) is 2.50. The van der Waals surface area contributed by atoms with Crippen LogP contribution in [0, 0.1) is 0 Å². The molecule has 146 valence electrons. The van der Waals surface area contributed by atoms with E-state index < -0.39 is 6.10 Å². The van der Waals surface area contributed by atoms with Crippen molar-refractivity contribution in [2.75, 3.05) is 32.8 Å². The molecule has 1 fully saturated rings. The Morgan fingerprint density at radius 3 is 2.77 bits per heavy atom.